The highest BCUT2D eigenvalue weighted by molar-refractivity contribution is 5.90. The van der Waals surface area contributed by atoms with Gasteiger partial charge in [0.2, 0.25) is 0 Å². The predicted octanol–water partition coefficient (Wildman–Crippen LogP) is 2.47. The SMILES string of the molecule is CC(C)OC(=O)c1ccc(-c2ccc(/C=N/Nc3nn[nH]n3)o2)cc1. The van der Waals surface area contributed by atoms with E-state index >= 15 is 0 Å². The van der Waals surface area contributed by atoms with E-state index in [1.807, 2.05) is 19.9 Å². The van der Waals surface area contributed by atoms with Crippen molar-refractivity contribution in [3.63, 3.8) is 0 Å². The van der Waals surface area contributed by atoms with Crippen LogP contribution in [0.4, 0.5) is 5.95 Å². The van der Waals surface area contributed by atoms with Gasteiger partial charge >= 0.3 is 5.97 Å². The highest BCUT2D eigenvalue weighted by atomic mass is 16.5. The smallest absolute Gasteiger partial charge is 0.338 e. The lowest BCUT2D eigenvalue weighted by Crippen LogP contribution is -2.11. The molecule has 0 fully saturated rings. The van der Waals surface area contributed by atoms with Crippen molar-refractivity contribution in [2.24, 2.45) is 5.10 Å². The van der Waals surface area contributed by atoms with E-state index in [2.05, 4.69) is 31.2 Å². The van der Waals surface area contributed by atoms with Crippen LogP contribution in [0.2, 0.25) is 0 Å². The Morgan fingerprint density at radius 2 is 2.08 bits per heavy atom. The highest BCUT2D eigenvalue weighted by Gasteiger charge is 2.10. The maximum absolute atomic E-state index is 11.8. The van der Waals surface area contributed by atoms with Crippen molar-refractivity contribution >= 4 is 18.1 Å². The number of hydrogen-bond donors (Lipinski definition) is 2. The summed E-state index contributed by atoms with van der Waals surface area (Å²) in [6.45, 7) is 3.62. The molecule has 3 aromatic rings. The van der Waals surface area contributed by atoms with Gasteiger partial charge in [-0.1, -0.05) is 17.2 Å². The van der Waals surface area contributed by atoms with Crippen LogP contribution in [-0.4, -0.2) is 38.9 Å². The van der Waals surface area contributed by atoms with Gasteiger partial charge in [-0.05, 0) is 43.3 Å². The third-order valence-electron chi connectivity index (χ3n) is 3.08. The summed E-state index contributed by atoms with van der Waals surface area (Å²) in [5.74, 6) is 1.12. The number of aromatic amines is 1. The Morgan fingerprint density at radius 1 is 1.28 bits per heavy atom. The van der Waals surface area contributed by atoms with E-state index in [4.69, 9.17) is 9.15 Å². The van der Waals surface area contributed by atoms with E-state index in [0.29, 0.717) is 17.1 Å². The van der Waals surface area contributed by atoms with E-state index in [9.17, 15) is 4.79 Å². The molecule has 2 heterocycles. The number of furan rings is 1. The number of aromatic nitrogens is 4. The standard InChI is InChI=1S/C16H16N6O3/c1-10(2)24-15(23)12-5-3-11(4-6-12)14-8-7-13(25-14)9-17-18-16-19-21-22-20-16/h3-10H,1-2H3,(H2,18,19,20,21,22)/b17-9+. The number of carbonyl (C=O) groups is 1. The number of esters is 1. The summed E-state index contributed by atoms with van der Waals surface area (Å²) in [5, 5.41) is 17.0. The molecule has 9 heteroatoms. The lowest BCUT2D eigenvalue weighted by Gasteiger charge is -2.07. The second-order valence-electron chi connectivity index (χ2n) is 5.34. The van der Waals surface area contributed by atoms with Crippen LogP contribution in [0.15, 0.2) is 45.9 Å². The van der Waals surface area contributed by atoms with Crippen LogP contribution in [0.1, 0.15) is 30.0 Å². The third kappa shape index (κ3) is 4.28. The van der Waals surface area contributed by atoms with Gasteiger partial charge in [-0.2, -0.15) is 10.3 Å². The first-order chi connectivity index (χ1) is 12.1. The Hall–Kier alpha value is -3.49. The van der Waals surface area contributed by atoms with Crippen molar-refractivity contribution in [3.8, 4) is 11.3 Å². The first-order valence-corrected chi connectivity index (χ1v) is 7.55. The van der Waals surface area contributed by atoms with E-state index in [1.54, 1.807) is 30.3 Å². The van der Waals surface area contributed by atoms with Gasteiger partial charge in [0.1, 0.15) is 11.5 Å². The molecule has 0 aliphatic carbocycles. The maximum Gasteiger partial charge on any atom is 0.338 e. The molecule has 25 heavy (non-hydrogen) atoms. The molecule has 0 unspecified atom stereocenters. The first kappa shape index (κ1) is 16.4. The second-order valence-corrected chi connectivity index (χ2v) is 5.34. The predicted molar refractivity (Wildman–Crippen MR) is 90.1 cm³/mol. The number of hydrazone groups is 1. The quantitative estimate of drug-likeness (QED) is 0.402. The number of rotatable bonds is 6. The molecule has 0 radical (unpaired) electrons. The van der Waals surface area contributed by atoms with Crippen LogP contribution < -0.4 is 5.43 Å². The van der Waals surface area contributed by atoms with Crippen LogP contribution in [0.25, 0.3) is 11.3 Å². The van der Waals surface area contributed by atoms with Gasteiger partial charge in [-0.25, -0.2) is 10.2 Å². The van der Waals surface area contributed by atoms with Gasteiger partial charge < -0.3 is 9.15 Å². The van der Waals surface area contributed by atoms with Crippen molar-refractivity contribution < 1.29 is 13.9 Å². The summed E-state index contributed by atoms with van der Waals surface area (Å²) in [6.07, 6.45) is 1.34. The van der Waals surface area contributed by atoms with Gasteiger partial charge in [0, 0.05) is 5.56 Å². The molecule has 2 aromatic heterocycles. The van der Waals surface area contributed by atoms with Gasteiger partial charge in [0.05, 0.1) is 17.9 Å². The fourth-order valence-electron chi connectivity index (χ4n) is 1.99. The number of H-pyrrole nitrogens is 1. The van der Waals surface area contributed by atoms with Crippen molar-refractivity contribution in [1.82, 2.24) is 20.6 Å². The number of tetrazole rings is 1. The summed E-state index contributed by atoms with van der Waals surface area (Å²) < 4.78 is 10.8. The molecule has 128 valence electrons. The van der Waals surface area contributed by atoms with Gasteiger partial charge in [-0.15, -0.1) is 5.10 Å². The normalized spacial score (nSPS) is 11.2. The minimum Gasteiger partial charge on any atom is -0.459 e. The number of hydrogen-bond acceptors (Lipinski definition) is 8. The molecule has 0 aliphatic rings. The summed E-state index contributed by atoms with van der Waals surface area (Å²) in [6, 6.07) is 10.6. The zero-order valence-corrected chi connectivity index (χ0v) is 13.6. The minimum atomic E-state index is -0.346. The zero-order valence-electron chi connectivity index (χ0n) is 13.6. The maximum atomic E-state index is 11.8. The Bertz CT molecular complexity index is 852. The number of anilines is 1. The van der Waals surface area contributed by atoms with Crippen LogP contribution in [0, 0.1) is 0 Å². The fourth-order valence-corrected chi connectivity index (χ4v) is 1.99. The molecule has 0 saturated carbocycles. The van der Waals surface area contributed by atoms with Crippen LogP contribution in [0.3, 0.4) is 0 Å². The molecule has 0 bridgehead atoms. The van der Waals surface area contributed by atoms with Crippen LogP contribution in [-0.2, 0) is 4.74 Å². The monoisotopic (exact) mass is 340 g/mol. The molecule has 0 aliphatic heterocycles. The molecule has 3 rings (SSSR count). The van der Waals surface area contributed by atoms with E-state index in [1.165, 1.54) is 6.21 Å². The average molecular weight is 340 g/mol. The number of ether oxygens (including phenoxy) is 1. The van der Waals surface area contributed by atoms with Crippen molar-refractivity contribution in [2.45, 2.75) is 20.0 Å². The molecular formula is C16H16N6O3. The summed E-state index contributed by atoms with van der Waals surface area (Å²) in [4.78, 5) is 11.8. The third-order valence-corrected chi connectivity index (χ3v) is 3.08. The van der Waals surface area contributed by atoms with Crippen molar-refractivity contribution in [2.75, 3.05) is 5.43 Å². The molecule has 0 saturated heterocycles. The summed E-state index contributed by atoms with van der Waals surface area (Å²) >= 11 is 0. The van der Waals surface area contributed by atoms with E-state index in [0.717, 1.165) is 5.56 Å². The summed E-state index contributed by atoms with van der Waals surface area (Å²) in [7, 11) is 0. The van der Waals surface area contributed by atoms with Crippen LogP contribution in [0.5, 0.6) is 0 Å². The summed E-state index contributed by atoms with van der Waals surface area (Å²) in [5.41, 5.74) is 3.93. The number of carbonyl (C=O) groups excluding carboxylic acids is 1. The molecule has 0 atom stereocenters. The van der Waals surface area contributed by atoms with E-state index < -0.39 is 0 Å². The van der Waals surface area contributed by atoms with Gasteiger partial charge in [0.15, 0.2) is 0 Å². The average Bonchev–Trinajstić information content (AvgIpc) is 3.26. The Morgan fingerprint density at radius 3 is 2.76 bits per heavy atom. The molecule has 0 spiro atoms. The first-order valence-electron chi connectivity index (χ1n) is 7.55. The highest BCUT2D eigenvalue weighted by Crippen LogP contribution is 2.22. The lowest BCUT2D eigenvalue weighted by atomic mass is 10.1. The van der Waals surface area contributed by atoms with Crippen molar-refractivity contribution in [3.05, 3.63) is 47.7 Å². The van der Waals surface area contributed by atoms with Crippen LogP contribution >= 0.6 is 0 Å². The minimum absolute atomic E-state index is 0.153. The van der Waals surface area contributed by atoms with Gasteiger partial charge in [-0.3, -0.25) is 0 Å². The molecule has 2 N–H and O–H groups in total. The topological polar surface area (TPSA) is 118 Å². The molecule has 1 aromatic carbocycles. The molecule has 9 nitrogen and oxygen atoms in total. The zero-order chi connectivity index (χ0) is 17.6. The van der Waals surface area contributed by atoms with E-state index in [-0.39, 0.29) is 18.0 Å². The number of nitrogens with one attached hydrogen (secondary N) is 2. The number of benzene rings is 1. The Kier molecular flexibility index (Phi) is 4.84. The Labute approximate surface area is 143 Å². The van der Waals surface area contributed by atoms with Crippen molar-refractivity contribution in [1.29, 1.82) is 0 Å². The Balaban J connectivity index is 1.65. The second kappa shape index (κ2) is 7.39. The van der Waals surface area contributed by atoms with Gasteiger partial charge in [0.25, 0.3) is 5.95 Å². The fraction of sp³-hybridized carbons (Fsp3) is 0.188. The number of nitrogens with zero attached hydrogens (tertiary/aromatic N) is 4. The lowest BCUT2D eigenvalue weighted by molar-refractivity contribution is 0.0378. The molecule has 0 amide bonds. The largest absolute Gasteiger partial charge is 0.459 e. The molecular weight excluding hydrogens is 324 g/mol.